The van der Waals surface area contributed by atoms with Crippen LogP contribution in [0.25, 0.3) is 43.1 Å². The molecule has 2 unspecified atom stereocenters. The maximum atomic E-state index is 2.38. The molecule has 0 N–H and O–H groups in total. The molecule has 0 saturated heterocycles. The van der Waals surface area contributed by atoms with E-state index in [9.17, 15) is 0 Å². The number of fused-ring (bicyclic) bond motifs is 4. The van der Waals surface area contributed by atoms with Crippen molar-refractivity contribution >= 4 is 54.9 Å². The molecule has 0 radical (unpaired) electrons. The Morgan fingerprint density at radius 3 is 1.00 bits per heavy atom. The van der Waals surface area contributed by atoms with Gasteiger partial charge in [0.2, 0.25) is 0 Å². The van der Waals surface area contributed by atoms with Gasteiger partial charge in [-0.3, -0.25) is 0 Å². The molecule has 0 amide bonds. The third-order valence-electron chi connectivity index (χ3n) is 6.85. The van der Waals surface area contributed by atoms with Gasteiger partial charge >= 0.3 is 0 Å². The second-order valence-electron chi connectivity index (χ2n) is 8.89. The molecule has 1 heteroatoms. The fourth-order valence-corrected chi connectivity index (χ4v) is 6.81. The van der Waals surface area contributed by atoms with E-state index < -0.39 is 0 Å². The molecule has 6 rings (SSSR count). The molecule has 0 saturated carbocycles. The summed E-state index contributed by atoms with van der Waals surface area (Å²) in [5.74, 6) is 0. The van der Waals surface area contributed by atoms with Gasteiger partial charge < -0.3 is 0 Å². The fourth-order valence-electron chi connectivity index (χ4n) is 5.42. The van der Waals surface area contributed by atoms with Gasteiger partial charge in [-0.1, -0.05) is 97.1 Å². The van der Waals surface area contributed by atoms with Gasteiger partial charge in [-0.05, 0) is 80.2 Å². The first-order chi connectivity index (χ1) is 16.2. The fraction of sp³-hybridized carbons (Fsp3) is 0.125. The van der Waals surface area contributed by atoms with Crippen LogP contribution in [-0.4, -0.2) is 0 Å². The van der Waals surface area contributed by atoms with Crippen LogP contribution in [0.3, 0.4) is 0 Å². The van der Waals surface area contributed by atoms with Gasteiger partial charge in [0.15, 0.2) is 0 Å². The van der Waals surface area contributed by atoms with E-state index in [2.05, 4.69) is 135 Å². The average Bonchev–Trinajstić information content (AvgIpc) is 2.85. The highest BCUT2D eigenvalue weighted by Gasteiger charge is 2.21. The van der Waals surface area contributed by atoms with Crippen molar-refractivity contribution in [1.29, 1.82) is 0 Å². The molecule has 0 aliphatic carbocycles. The van der Waals surface area contributed by atoms with Gasteiger partial charge in [-0.2, -0.15) is 0 Å². The van der Waals surface area contributed by atoms with Crippen molar-refractivity contribution in [2.45, 2.75) is 24.3 Å². The summed E-state index contributed by atoms with van der Waals surface area (Å²) in [4.78, 5) is 0. The summed E-state index contributed by atoms with van der Waals surface area (Å²) in [7, 11) is 0. The van der Waals surface area contributed by atoms with E-state index in [1.807, 2.05) is 0 Å². The minimum Gasteiger partial charge on any atom is -0.146 e. The molecule has 6 aromatic carbocycles. The lowest BCUT2D eigenvalue weighted by Gasteiger charge is -2.23. The van der Waals surface area contributed by atoms with Gasteiger partial charge in [-0.25, -0.2) is 0 Å². The van der Waals surface area contributed by atoms with Crippen LogP contribution in [0.5, 0.6) is 0 Å². The lowest BCUT2D eigenvalue weighted by molar-refractivity contribution is 1.07. The Kier molecular flexibility index (Phi) is 5.08. The van der Waals surface area contributed by atoms with E-state index in [4.69, 9.17) is 0 Å². The Bertz CT molecular complexity index is 1400. The van der Waals surface area contributed by atoms with E-state index in [1.165, 1.54) is 54.2 Å². The SMILES string of the molecule is CC(SC(C)c1c2ccccc2cc2ccccc12)c1c2ccccc2cc2ccccc12. The van der Waals surface area contributed by atoms with E-state index in [1.54, 1.807) is 0 Å². The Morgan fingerprint density at radius 2 is 0.697 bits per heavy atom. The molecule has 0 aromatic heterocycles. The highest BCUT2D eigenvalue weighted by molar-refractivity contribution is 7.99. The predicted octanol–water partition coefficient (Wildman–Crippen LogP) is 9.85. The van der Waals surface area contributed by atoms with Crippen LogP contribution in [0, 0.1) is 0 Å². The van der Waals surface area contributed by atoms with Gasteiger partial charge in [0.1, 0.15) is 0 Å². The third-order valence-corrected chi connectivity index (χ3v) is 8.14. The molecule has 0 fully saturated rings. The normalized spacial score (nSPS) is 13.6. The van der Waals surface area contributed by atoms with Crippen LogP contribution in [-0.2, 0) is 0 Å². The Labute approximate surface area is 199 Å². The van der Waals surface area contributed by atoms with E-state index in [-0.39, 0.29) is 0 Å². The average molecular weight is 443 g/mol. The quantitative estimate of drug-likeness (QED) is 0.245. The van der Waals surface area contributed by atoms with Crippen LogP contribution >= 0.6 is 11.8 Å². The molecule has 0 nitrogen and oxygen atoms in total. The van der Waals surface area contributed by atoms with Crippen molar-refractivity contribution < 1.29 is 0 Å². The standard InChI is InChI=1S/C32H26S/c1-21(31-27-15-7-3-11-23(27)19-24-12-4-8-16-28(24)31)33-22(2)32-29-17-9-5-13-25(29)20-26-14-6-10-18-30(26)32/h3-22H,1-2H3. The summed E-state index contributed by atoms with van der Waals surface area (Å²) in [6, 6.07) is 40.0. The number of benzene rings is 6. The summed E-state index contributed by atoms with van der Waals surface area (Å²) in [6.07, 6.45) is 0. The molecule has 0 bridgehead atoms. The molecule has 2 atom stereocenters. The third kappa shape index (κ3) is 3.48. The van der Waals surface area contributed by atoms with Crippen molar-refractivity contribution in [1.82, 2.24) is 0 Å². The molecule has 0 aliphatic heterocycles. The van der Waals surface area contributed by atoms with Gasteiger partial charge in [-0.15, -0.1) is 11.8 Å². The first-order valence-electron chi connectivity index (χ1n) is 11.7. The predicted molar refractivity (Wildman–Crippen MR) is 147 cm³/mol. The first kappa shape index (κ1) is 20.3. The van der Waals surface area contributed by atoms with E-state index in [0.717, 1.165) is 0 Å². The van der Waals surface area contributed by atoms with Gasteiger partial charge in [0, 0.05) is 10.5 Å². The molecule has 0 heterocycles. The Morgan fingerprint density at radius 1 is 0.424 bits per heavy atom. The lowest BCUT2D eigenvalue weighted by Crippen LogP contribution is -1.99. The van der Waals surface area contributed by atoms with E-state index >= 15 is 0 Å². The Balaban J connectivity index is 1.51. The maximum absolute atomic E-state index is 2.38. The number of rotatable bonds is 4. The van der Waals surface area contributed by atoms with Gasteiger partial charge in [0.25, 0.3) is 0 Å². The van der Waals surface area contributed by atoms with Crippen molar-refractivity contribution in [3.8, 4) is 0 Å². The molecule has 0 aliphatic rings. The van der Waals surface area contributed by atoms with Crippen LogP contribution < -0.4 is 0 Å². The molecule has 160 valence electrons. The minimum atomic E-state index is 0.355. The summed E-state index contributed by atoms with van der Waals surface area (Å²) < 4.78 is 0. The van der Waals surface area contributed by atoms with Crippen molar-refractivity contribution in [2.75, 3.05) is 0 Å². The highest BCUT2D eigenvalue weighted by Crippen LogP contribution is 2.47. The van der Waals surface area contributed by atoms with Crippen LogP contribution in [0.15, 0.2) is 109 Å². The van der Waals surface area contributed by atoms with Crippen molar-refractivity contribution in [3.05, 3.63) is 120 Å². The summed E-state index contributed by atoms with van der Waals surface area (Å²) in [5.41, 5.74) is 2.90. The molecule has 0 spiro atoms. The van der Waals surface area contributed by atoms with E-state index in [0.29, 0.717) is 10.5 Å². The maximum Gasteiger partial charge on any atom is 0.0287 e. The van der Waals surface area contributed by atoms with Crippen molar-refractivity contribution in [2.24, 2.45) is 0 Å². The zero-order valence-corrected chi connectivity index (χ0v) is 19.8. The molecular weight excluding hydrogens is 416 g/mol. The zero-order valence-electron chi connectivity index (χ0n) is 19.0. The first-order valence-corrected chi connectivity index (χ1v) is 12.6. The van der Waals surface area contributed by atoms with Gasteiger partial charge in [0.05, 0.1) is 0 Å². The molecule has 33 heavy (non-hydrogen) atoms. The second-order valence-corrected chi connectivity index (χ2v) is 10.6. The number of hydrogen-bond donors (Lipinski definition) is 0. The summed E-state index contributed by atoms with van der Waals surface area (Å²) in [5, 5.41) is 11.5. The minimum absolute atomic E-state index is 0.355. The van der Waals surface area contributed by atoms with Crippen LogP contribution in [0.1, 0.15) is 35.5 Å². The number of hydrogen-bond acceptors (Lipinski definition) is 1. The topological polar surface area (TPSA) is 0 Å². The summed E-state index contributed by atoms with van der Waals surface area (Å²) in [6.45, 7) is 4.76. The monoisotopic (exact) mass is 442 g/mol. The lowest BCUT2D eigenvalue weighted by atomic mass is 9.95. The largest absolute Gasteiger partial charge is 0.146 e. The second kappa shape index (κ2) is 8.24. The molecule has 6 aromatic rings. The highest BCUT2D eigenvalue weighted by atomic mass is 32.2. The zero-order chi connectivity index (χ0) is 22.4. The number of thioether (sulfide) groups is 1. The smallest absolute Gasteiger partial charge is 0.0287 e. The van der Waals surface area contributed by atoms with Crippen LogP contribution in [0.2, 0.25) is 0 Å². The molecular formula is C32H26S. The summed E-state index contributed by atoms with van der Waals surface area (Å²) >= 11 is 2.07. The Hall–Kier alpha value is -3.29. The van der Waals surface area contributed by atoms with Crippen molar-refractivity contribution in [3.63, 3.8) is 0 Å². The van der Waals surface area contributed by atoms with Crippen LogP contribution in [0.4, 0.5) is 0 Å².